The van der Waals surface area contributed by atoms with Gasteiger partial charge in [-0.3, -0.25) is 24.0 Å². The fourth-order valence-electron chi connectivity index (χ4n) is 4.82. The minimum absolute atomic E-state index is 0.0150. The summed E-state index contributed by atoms with van der Waals surface area (Å²) >= 11 is 0. The van der Waals surface area contributed by atoms with Crippen LogP contribution in [0, 0.1) is 5.92 Å². The molecule has 2 aromatic rings. The second-order valence-electron chi connectivity index (χ2n) is 9.22. The molecule has 0 unspecified atom stereocenters. The molecule has 0 radical (unpaired) electrons. The first-order valence-corrected chi connectivity index (χ1v) is 12.9. The van der Waals surface area contributed by atoms with E-state index in [9.17, 15) is 28.8 Å². The van der Waals surface area contributed by atoms with E-state index in [1.54, 1.807) is 0 Å². The number of carbonyl (C=O) groups is 6. The van der Waals surface area contributed by atoms with Gasteiger partial charge in [0, 0.05) is 62.4 Å². The first-order valence-electron chi connectivity index (χ1n) is 12.9. The van der Waals surface area contributed by atoms with Crippen LogP contribution >= 0.6 is 0 Å². The van der Waals surface area contributed by atoms with Crippen LogP contribution in [0.1, 0.15) is 50.3 Å². The SMILES string of the molecule is COC(=O)C1=Cc2c(OC)cc(OC(C)=O)c(OC(C)=O)c2[C@H](c2cc(OC(C)=O)c(OC(C)=O)cc2OC)[C@H]1C(=O)OC. The Morgan fingerprint density at radius 2 is 1.09 bits per heavy atom. The van der Waals surface area contributed by atoms with Crippen molar-refractivity contribution in [2.24, 2.45) is 5.92 Å². The molecule has 0 spiro atoms. The summed E-state index contributed by atoms with van der Waals surface area (Å²) in [4.78, 5) is 75.0. The van der Waals surface area contributed by atoms with Crippen molar-refractivity contribution in [1.82, 2.24) is 0 Å². The predicted molar refractivity (Wildman–Crippen MR) is 149 cm³/mol. The average Bonchev–Trinajstić information content (AvgIpc) is 2.95. The Labute approximate surface area is 251 Å². The van der Waals surface area contributed by atoms with Crippen molar-refractivity contribution < 1.29 is 66.7 Å². The molecule has 44 heavy (non-hydrogen) atoms. The second-order valence-corrected chi connectivity index (χ2v) is 9.22. The maximum absolute atomic E-state index is 13.5. The Hall–Kier alpha value is -5.40. The number of hydrogen-bond acceptors (Lipinski definition) is 14. The molecule has 0 bridgehead atoms. The number of esters is 6. The van der Waals surface area contributed by atoms with Gasteiger partial charge in [-0.05, 0) is 12.1 Å². The van der Waals surface area contributed by atoms with E-state index >= 15 is 0 Å². The summed E-state index contributed by atoms with van der Waals surface area (Å²) in [6.07, 6.45) is 1.30. The Morgan fingerprint density at radius 1 is 0.591 bits per heavy atom. The lowest BCUT2D eigenvalue weighted by Crippen LogP contribution is -2.33. The molecule has 0 aromatic heterocycles. The van der Waals surface area contributed by atoms with E-state index in [1.165, 1.54) is 38.5 Å². The Morgan fingerprint density at radius 3 is 1.57 bits per heavy atom. The zero-order valence-corrected chi connectivity index (χ0v) is 25.2. The summed E-state index contributed by atoms with van der Waals surface area (Å²) in [7, 11) is 4.79. The predicted octanol–water partition coefficient (Wildman–Crippen LogP) is 2.90. The molecule has 0 saturated carbocycles. The summed E-state index contributed by atoms with van der Waals surface area (Å²) in [5.41, 5.74) is 0.0575. The normalized spacial score (nSPS) is 15.0. The molecule has 0 aliphatic heterocycles. The van der Waals surface area contributed by atoms with Crippen LogP contribution in [0.5, 0.6) is 34.5 Å². The van der Waals surface area contributed by atoms with Gasteiger partial charge >= 0.3 is 35.8 Å². The lowest BCUT2D eigenvalue weighted by atomic mass is 9.70. The quantitative estimate of drug-likeness (QED) is 0.297. The largest absolute Gasteiger partial charge is 0.496 e. The highest BCUT2D eigenvalue weighted by molar-refractivity contribution is 6.03. The van der Waals surface area contributed by atoms with E-state index in [2.05, 4.69) is 0 Å². The zero-order chi connectivity index (χ0) is 32.9. The van der Waals surface area contributed by atoms with Gasteiger partial charge in [-0.2, -0.15) is 0 Å². The Kier molecular flexibility index (Phi) is 10.3. The van der Waals surface area contributed by atoms with Crippen LogP contribution in [-0.4, -0.2) is 64.3 Å². The number of fused-ring (bicyclic) bond motifs is 1. The molecular formula is C30H30O14. The van der Waals surface area contributed by atoms with Crippen molar-refractivity contribution in [2.75, 3.05) is 28.4 Å². The average molecular weight is 615 g/mol. The number of carbonyl (C=O) groups excluding carboxylic acids is 6. The molecule has 1 aliphatic rings. The highest BCUT2D eigenvalue weighted by Crippen LogP contribution is 2.55. The van der Waals surface area contributed by atoms with Gasteiger partial charge in [-0.25, -0.2) is 4.79 Å². The summed E-state index contributed by atoms with van der Waals surface area (Å²) < 4.78 is 42.7. The van der Waals surface area contributed by atoms with Gasteiger partial charge in [-0.15, -0.1) is 0 Å². The van der Waals surface area contributed by atoms with Crippen LogP contribution < -0.4 is 28.4 Å². The first-order chi connectivity index (χ1) is 20.8. The molecule has 0 heterocycles. The molecule has 2 atom stereocenters. The fraction of sp³-hybridized carbons (Fsp3) is 0.333. The smallest absolute Gasteiger partial charge is 0.334 e. The molecule has 0 saturated heterocycles. The van der Waals surface area contributed by atoms with Crippen LogP contribution in [0.15, 0.2) is 23.8 Å². The monoisotopic (exact) mass is 614 g/mol. The molecule has 14 heteroatoms. The summed E-state index contributed by atoms with van der Waals surface area (Å²) in [6.45, 7) is 4.47. The Bertz CT molecular complexity index is 1570. The molecule has 14 nitrogen and oxygen atoms in total. The van der Waals surface area contributed by atoms with E-state index < -0.39 is 47.7 Å². The van der Waals surface area contributed by atoms with Crippen molar-refractivity contribution in [3.8, 4) is 34.5 Å². The van der Waals surface area contributed by atoms with Crippen LogP contribution in [0.2, 0.25) is 0 Å². The van der Waals surface area contributed by atoms with Gasteiger partial charge in [-0.1, -0.05) is 0 Å². The molecule has 0 N–H and O–H groups in total. The molecule has 3 rings (SSSR count). The van der Waals surface area contributed by atoms with E-state index in [0.717, 1.165) is 41.9 Å². The van der Waals surface area contributed by atoms with Crippen LogP contribution in [0.25, 0.3) is 6.08 Å². The highest BCUT2D eigenvalue weighted by Gasteiger charge is 2.47. The first kappa shape index (κ1) is 33.1. The van der Waals surface area contributed by atoms with Crippen molar-refractivity contribution in [1.29, 1.82) is 0 Å². The van der Waals surface area contributed by atoms with Gasteiger partial charge in [0.2, 0.25) is 0 Å². The molecule has 0 fully saturated rings. The third-order valence-electron chi connectivity index (χ3n) is 6.30. The van der Waals surface area contributed by atoms with Crippen LogP contribution in [0.3, 0.4) is 0 Å². The third-order valence-corrected chi connectivity index (χ3v) is 6.30. The zero-order valence-electron chi connectivity index (χ0n) is 25.2. The molecule has 234 valence electrons. The maximum atomic E-state index is 13.5. The lowest BCUT2D eigenvalue weighted by molar-refractivity contribution is -0.148. The van der Waals surface area contributed by atoms with Gasteiger partial charge in [0.25, 0.3) is 0 Å². The minimum atomic E-state index is -1.51. The van der Waals surface area contributed by atoms with E-state index in [0.29, 0.717) is 0 Å². The fourth-order valence-corrected chi connectivity index (χ4v) is 4.82. The molecule has 0 amide bonds. The number of benzene rings is 2. The summed E-state index contributed by atoms with van der Waals surface area (Å²) in [5, 5.41) is 0. The summed E-state index contributed by atoms with van der Waals surface area (Å²) in [6, 6.07) is 3.76. The molecule has 1 aliphatic carbocycles. The van der Waals surface area contributed by atoms with Crippen molar-refractivity contribution in [2.45, 2.75) is 33.6 Å². The van der Waals surface area contributed by atoms with Gasteiger partial charge in [0.1, 0.15) is 17.4 Å². The molecular weight excluding hydrogens is 584 g/mol. The molecule has 2 aromatic carbocycles. The Balaban J connectivity index is 2.64. The van der Waals surface area contributed by atoms with E-state index in [1.807, 2.05) is 0 Å². The van der Waals surface area contributed by atoms with Gasteiger partial charge < -0.3 is 37.9 Å². The number of rotatable bonds is 9. The summed E-state index contributed by atoms with van der Waals surface area (Å²) in [5.74, 6) is -8.77. The van der Waals surface area contributed by atoms with Crippen LogP contribution in [-0.2, 0) is 38.2 Å². The topological polar surface area (TPSA) is 176 Å². The van der Waals surface area contributed by atoms with Gasteiger partial charge in [0.15, 0.2) is 23.0 Å². The maximum Gasteiger partial charge on any atom is 0.334 e. The number of hydrogen-bond donors (Lipinski definition) is 0. The second kappa shape index (κ2) is 13.7. The standard InChI is InChI=1S/C30H30O14/c1-13(31)41-22-10-18(20(37-5)11-23(22)42-14(2)32)25-26-17(9-19(29(35)39-7)27(25)30(36)40-8)21(38-6)12-24(43-15(3)33)28(26)44-16(4)34/h9-12,25,27H,1-8H3/t25-,27-/m0/s1. The third kappa shape index (κ3) is 6.80. The van der Waals surface area contributed by atoms with E-state index in [4.69, 9.17) is 37.9 Å². The highest BCUT2D eigenvalue weighted by atomic mass is 16.6. The van der Waals surface area contributed by atoms with E-state index in [-0.39, 0.29) is 56.8 Å². The van der Waals surface area contributed by atoms with Gasteiger partial charge in [0.05, 0.1) is 34.0 Å². The number of methoxy groups -OCH3 is 4. The lowest BCUT2D eigenvalue weighted by Gasteiger charge is -2.35. The van der Waals surface area contributed by atoms with Crippen LogP contribution in [0.4, 0.5) is 0 Å². The van der Waals surface area contributed by atoms with Crippen molar-refractivity contribution in [3.05, 3.63) is 40.5 Å². The van der Waals surface area contributed by atoms with Crippen molar-refractivity contribution in [3.63, 3.8) is 0 Å². The number of ether oxygens (including phenoxy) is 8. The van der Waals surface area contributed by atoms with Crippen molar-refractivity contribution >= 4 is 41.9 Å². The minimum Gasteiger partial charge on any atom is -0.496 e.